The van der Waals surface area contributed by atoms with Crippen molar-refractivity contribution in [2.45, 2.75) is 103 Å². The highest BCUT2D eigenvalue weighted by molar-refractivity contribution is 8.00. The predicted molar refractivity (Wildman–Crippen MR) is 352 cm³/mol. The van der Waals surface area contributed by atoms with Gasteiger partial charge in [0.15, 0.2) is 29.0 Å². The summed E-state index contributed by atoms with van der Waals surface area (Å²) in [6.45, 7) is 11.0. The van der Waals surface area contributed by atoms with Crippen LogP contribution in [0.25, 0.3) is 49.8 Å². The molecule has 1 N–H and O–H groups in total. The number of fused-ring (bicyclic) bond motifs is 3. The summed E-state index contributed by atoms with van der Waals surface area (Å²) < 4.78 is 70.1. The fourth-order valence-electron chi connectivity index (χ4n) is 9.65. The lowest BCUT2D eigenvalue weighted by Gasteiger charge is -2.07. The standard InChI is InChI=1S/C22H17Cl2F2N3O2S.C21H17Cl2FN4OS.C20H15Cl2FN4OS/c1-2-8-28-11-13(10-27-28)29-20-14(6-7-15(23)19(20)26)21(22(29)24)32-16-5-3-4-12(18(16)25)9-17(30)31;1-3-9-27-11-13(10-25-27)28-19-14(7-8-15(22)18(19)24)20(21(28)23)30-17-6-4-5-16(26-17)12(2)29;1-3-26-10-12(9-24-26)27-18-13(7-8-14(21)17(18)23)19(20(27)22)29-16-6-4-5-15(25-16)11(2)28/h3-7,10-11H,2,8-9H2,1H3,(H,30,31);4-8,10-11H,3,9H2,1-2H3;4-10H,3H2,1-2H3. The van der Waals surface area contributed by atoms with Gasteiger partial charge < -0.3 is 5.11 Å². The van der Waals surface area contributed by atoms with Crippen LogP contribution in [0.15, 0.2) is 158 Å². The van der Waals surface area contributed by atoms with Crippen molar-refractivity contribution in [1.29, 1.82) is 0 Å². The Hall–Kier alpha value is -7.25. The summed E-state index contributed by atoms with van der Waals surface area (Å²) in [6.07, 6.45) is 11.5. The number of carboxylic acids is 1. The first-order valence-corrected chi connectivity index (χ1v) is 32.4. The van der Waals surface area contributed by atoms with Crippen LogP contribution in [0.1, 0.15) is 74.0 Å². The first kappa shape index (κ1) is 66.7. The number of nitrogens with zero attached hydrogens (tertiary/aromatic N) is 11. The third-order valence-electron chi connectivity index (χ3n) is 13.8. The average molecular weight is 1410 g/mol. The van der Waals surface area contributed by atoms with Crippen LogP contribution in [0, 0.1) is 23.3 Å². The first-order chi connectivity index (χ1) is 43.6. The minimum Gasteiger partial charge on any atom is -0.481 e. The Balaban J connectivity index is 0.000000150. The number of ketones is 2. The van der Waals surface area contributed by atoms with E-state index in [2.05, 4.69) is 32.2 Å². The van der Waals surface area contributed by atoms with E-state index in [0.717, 1.165) is 31.1 Å². The Morgan fingerprint density at radius 3 is 1.22 bits per heavy atom. The van der Waals surface area contributed by atoms with Gasteiger partial charge in [0.05, 0.1) is 88.4 Å². The summed E-state index contributed by atoms with van der Waals surface area (Å²) in [6, 6.07) is 24.4. The maximum Gasteiger partial charge on any atom is 0.307 e. The van der Waals surface area contributed by atoms with Gasteiger partial charge in [0.1, 0.15) is 42.7 Å². The molecule has 8 aromatic heterocycles. The molecule has 0 aliphatic heterocycles. The summed E-state index contributed by atoms with van der Waals surface area (Å²) >= 11 is 41.9. The zero-order valence-corrected chi connectivity index (χ0v) is 55.4. The third-order valence-corrected chi connectivity index (χ3v) is 19.4. The van der Waals surface area contributed by atoms with E-state index in [9.17, 15) is 18.8 Å². The second-order valence-electron chi connectivity index (χ2n) is 20.1. The molecule has 0 radical (unpaired) electrons. The van der Waals surface area contributed by atoms with Crippen LogP contribution in [0.2, 0.25) is 30.5 Å². The van der Waals surface area contributed by atoms with Gasteiger partial charge in [-0.15, -0.1) is 0 Å². The van der Waals surface area contributed by atoms with Gasteiger partial charge >= 0.3 is 5.97 Å². The van der Waals surface area contributed by atoms with E-state index in [1.165, 1.54) is 72.3 Å². The predicted octanol–water partition coefficient (Wildman–Crippen LogP) is 19.1. The number of hydrogen-bond acceptors (Lipinski definition) is 11. The van der Waals surface area contributed by atoms with Crippen LogP contribution in [-0.4, -0.2) is 75.7 Å². The van der Waals surface area contributed by atoms with E-state index in [0.29, 0.717) is 92.7 Å². The summed E-state index contributed by atoms with van der Waals surface area (Å²) in [5.74, 6) is -3.83. The van der Waals surface area contributed by atoms with Crippen molar-refractivity contribution in [3.05, 3.63) is 199 Å². The second kappa shape index (κ2) is 28.7. The van der Waals surface area contributed by atoms with Crippen molar-refractivity contribution in [3.8, 4) is 17.1 Å². The number of aromatic nitrogens is 11. The van der Waals surface area contributed by atoms with Crippen molar-refractivity contribution in [3.63, 3.8) is 0 Å². The van der Waals surface area contributed by atoms with E-state index < -0.39 is 35.7 Å². The lowest BCUT2D eigenvalue weighted by atomic mass is 10.1. The fraction of sp³-hybridized carbons (Fsp3) is 0.175. The van der Waals surface area contributed by atoms with Crippen LogP contribution >= 0.6 is 105 Å². The topological polar surface area (TPSA) is 165 Å². The van der Waals surface area contributed by atoms with E-state index in [-0.39, 0.29) is 58.8 Å². The Bertz CT molecular complexity index is 4800. The highest BCUT2D eigenvalue weighted by Crippen LogP contribution is 2.48. The third kappa shape index (κ3) is 13.9. The molecule has 4 aromatic carbocycles. The molecular weight excluding hydrogens is 1360 g/mol. The van der Waals surface area contributed by atoms with Crippen molar-refractivity contribution in [2.24, 2.45) is 0 Å². The molecule has 0 saturated heterocycles. The van der Waals surface area contributed by atoms with E-state index >= 15 is 13.2 Å². The molecule has 91 heavy (non-hydrogen) atoms. The molecule has 0 aliphatic rings. The number of carbonyl (C=O) groups excluding carboxylic acids is 2. The number of carbonyl (C=O) groups is 3. The number of halogens is 10. The van der Waals surface area contributed by atoms with Gasteiger partial charge in [-0.1, -0.05) is 143 Å². The van der Waals surface area contributed by atoms with Crippen LogP contribution in [0.5, 0.6) is 0 Å². The number of hydrogen-bond donors (Lipinski definition) is 1. The number of pyridine rings is 2. The Labute approximate surface area is 560 Å². The van der Waals surface area contributed by atoms with E-state index in [1.807, 2.05) is 20.0 Å². The molecule has 0 atom stereocenters. The lowest BCUT2D eigenvalue weighted by Crippen LogP contribution is -2.03. The van der Waals surface area contributed by atoms with Gasteiger partial charge in [-0.05, 0) is 86.5 Å². The van der Waals surface area contributed by atoms with Crippen LogP contribution < -0.4 is 0 Å². The second-order valence-corrected chi connectivity index (χ2v) is 25.5. The van der Waals surface area contributed by atoms with E-state index in [4.69, 9.17) is 74.7 Å². The number of benzene rings is 4. The molecule has 0 aliphatic carbocycles. The number of Topliss-reactive ketones (excluding diaryl/α,β-unsaturated/α-hetero) is 2. The minimum atomic E-state index is -1.14. The summed E-state index contributed by atoms with van der Waals surface area (Å²) in [4.78, 5) is 45.0. The molecule has 0 fully saturated rings. The first-order valence-electron chi connectivity index (χ1n) is 27.7. The van der Waals surface area contributed by atoms with Gasteiger partial charge in [0.25, 0.3) is 0 Å². The summed E-state index contributed by atoms with van der Waals surface area (Å²) in [5, 5.41) is 25.5. The normalized spacial score (nSPS) is 11.4. The molecule has 0 saturated carbocycles. The van der Waals surface area contributed by atoms with Gasteiger partial charge in [-0.2, -0.15) is 15.3 Å². The summed E-state index contributed by atoms with van der Waals surface area (Å²) in [5.41, 5.74) is 3.26. The number of carboxylic acid groups (broad SMARTS) is 1. The van der Waals surface area contributed by atoms with Crippen molar-refractivity contribution >= 4 is 155 Å². The molecule has 0 amide bonds. The highest BCUT2D eigenvalue weighted by atomic mass is 35.5. The summed E-state index contributed by atoms with van der Waals surface area (Å²) in [7, 11) is 0. The SMILES string of the molecule is CCCn1cc(-n2c(Cl)c(Sc3cccc(C(C)=O)n3)c3ccc(Cl)c(F)c32)cn1.CCCn1cc(-n2c(Cl)c(Sc3cccc(CC(=O)O)c3F)c3ccc(Cl)c(F)c32)cn1.CCn1cc(-n2c(Cl)c(Sc3cccc(C(C)=O)n3)c3ccc(Cl)c(F)c32)cn1. The molecule has 0 bridgehead atoms. The van der Waals surface area contributed by atoms with Gasteiger partial charge in [0, 0.05) is 78.7 Å². The molecule has 8 heterocycles. The van der Waals surface area contributed by atoms with Crippen LogP contribution in [-0.2, 0) is 30.8 Å². The Kier molecular flexibility index (Phi) is 21.0. The zero-order valence-electron chi connectivity index (χ0n) is 48.5. The van der Waals surface area contributed by atoms with Gasteiger partial charge in [0.2, 0.25) is 0 Å². The van der Waals surface area contributed by atoms with Gasteiger partial charge in [-0.25, -0.2) is 27.5 Å². The molecule has 0 spiro atoms. The quantitative estimate of drug-likeness (QED) is 0.0639. The van der Waals surface area contributed by atoms with Crippen molar-refractivity contribution < 1.29 is 37.1 Å². The zero-order chi connectivity index (χ0) is 65.1. The maximum absolute atomic E-state index is 15.1. The lowest BCUT2D eigenvalue weighted by molar-refractivity contribution is -0.136. The van der Waals surface area contributed by atoms with Crippen LogP contribution in [0.4, 0.5) is 17.6 Å². The number of aryl methyl sites for hydroxylation is 3. The molecular formula is C63H49Cl6F4N11O4S3. The highest BCUT2D eigenvalue weighted by Gasteiger charge is 2.28. The Morgan fingerprint density at radius 1 is 0.484 bits per heavy atom. The molecule has 28 heteroatoms. The largest absolute Gasteiger partial charge is 0.481 e. The van der Waals surface area contributed by atoms with Gasteiger partial charge in [-0.3, -0.25) is 42.1 Å². The molecule has 0 unspecified atom stereocenters. The smallest absolute Gasteiger partial charge is 0.307 e. The molecule has 12 rings (SSSR count). The maximum atomic E-state index is 15.1. The fourth-order valence-corrected chi connectivity index (χ4v) is 14.2. The Morgan fingerprint density at radius 2 is 0.857 bits per heavy atom. The molecule has 15 nitrogen and oxygen atoms in total. The van der Waals surface area contributed by atoms with Crippen molar-refractivity contribution in [1.82, 2.24) is 53.0 Å². The van der Waals surface area contributed by atoms with Crippen LogP contribution in [0.3, 0.4) is 0 Å². The number of rotatable bonds is 18. The molecule has 468 valence electrons. The average Bonchev–Trinajstić information content (AvgIpc) is 1.64. The molecule has 12 aromatic rings. The van der Waals surface area contributed by atoms with Crippen molar-refractivity contribution in [2.75, 3.05) is 0 Å². The van der Waals surface area contributed by atoms with E-state index in [1.54, 1.807) is 115 Å². The minimum absolute atomic E-state index is 0.00375. The number of aliphatic carboxylic acids is 1. The monoisotopic (exact) mass is 1410 g/mol.